The number of piperazine rings is 1. The molecule has 1 fully saturated rings. The van der Waals surface area contributed by atoms with Crippen LogP contribution in [0.4, 0.5) is 10.5 Å². The molecular weight excluding hydrogens is 364 g/mol. The van der Waals surface area contributed by atoms with Gasteiger partial charge in [-0.05, 0) is 35.9 Å². The number of benzene rings is 2. The number of carbonyl (C=O) groups is 1. The number of hydrogen-bond acceptors (Lipinski definition) is 4. The molecule has 2 aromatic carbocycles. The topological polar surface area (TPSA) is 61.6 Å². The van der Waals surface area contributed by atoms with Gasteiger partial charge in [0.05, 0.1) is 0 Å². The lowest BCUT2D eigenvalue weighted by Gasteiger charge is -2.34. The molecule has 5 rings (SSSR count). The zero-order valence-corrected chi connectivity index (χ0v) is 16.0. The first-order chi connectivity index (χ1) is 14.3. The van der Waals surface area contributed by atoms with Crippen LogP contribution in [0.3, 0.4) is 0 Å². The summed E-state index contributed by atoms with van der Waals surface area (Å²) < 4.78 is 5.91. The highest BCUT2D eigenvalue weighted by molar-refractivity contribution is 6.06. The summed E-state index contributed by atoms with van der Waals surface area (Å²) in [5.41, 5.74) is 3.64. The summed E-state index contributed by atoms with van der Waals surface area (Å²) in [5, 5.41) is 5.16. The van der Waals surface area contributed by atoms with Crippen LogP contribution in [0.2, 0.25) is 0 Å². The molecule has 1 saturated heterocycles. The number of fused-ring (bicyclic) bond motifs is 3. The highest BCUT2D eigenvalue weighted by Crippen LogP contribution is 2.30. The summed E-state index contributed by atoms with van der Waals surface area (Å²) in [6.45, 7) is 4.03. The van der Waals surface area contributed by atoms with Gasteiger partial charge in [0.15, 0.2) is 0 Å². The van der Waals surface area contributed by atoms with E-state index in [1.165, 1.54) is 5.56 Å². The fourth-order valence-electron chi connectivity index (χ4n) is 3.86. The number of para-hydroxylation sites is 1. The second-order valence-electron chi connectivity index (χ2n) is 7.36. The molecule has 0 saturated carbocycles. The Hall–Kier alpha value is -3.38. The predicted octanol–water partition coefficient (Wildman–Crippen LogP) is 4.33. The van der Waals surface area contributed by atoms with Crippen molar-refractivity contribution >= 4 is 33.7 Å². The van der Waals surface area contributed by atoms with Gasteiger partial charge in [-0.25, -0.2) is 4.79 Å². The van der Waals surface area contributed by atoms with Crippen molar-refractivity contribution in [2.24, 2.45) is 0 Å². The van der Waals surface area contributed by atoms with E-state index in [9.17, 15) is 4.79 Å². The number of urea groups is 1. The molecule has 0 spiro atoms. The van der Waals surface area contributed by atoms with E-state index in [1.807, 2.05) is 71.9 Å². The van der Waals surface area contributed by atoms with Crippen LogP contribution >= 0.6 is 0 Å². The SMILES string of the molecule is O=C(Nc1ccc2c(c1)oc1ccccc12)N1CCN(Cc2ccncc2)CC1. The fourth-order valence-corrected chi connectivity index (χ4v) is 3.86. The summed E-state index contributed by atoms with van der Waals surface area (Å²) in [6, 6.07) is 17.8. The summed E-state index contributed by atoms with van der Waals surface area (Å²) >= 11 is 0. The Morgan fingerprint density at radius 3 is 2.52 bits per heavy atom. The third-order valence-electron chi connectivity index (χ3n) is 5.45. The molecule has 1 aliphatic rings. The van der Waals surface area contributed by atoms with Crippen molar-refractivity contribution in [3.63, 3.8) is 0 Å². The molecule has 0 unspecified atom stereocenters. The van der Waals surface area contributed by atoms with Crippen molar-refractivity contribution in [2.75, 3.05) is 31.5 Å². The second-order valence-corrected chi connectivity index (χ2v) is 7.36. The smallest absolute Gasteiger partial charge is 0.321 e. The van der Waals surface area contributed by atoms with Crippen LogP contribution in [-0.2, 0) is 6.54 Å². The average molecular weight is 386 g/mol. The van der Waals surface area contributed by atoms with Crippen molar-refractivity contribution in [3.05, 3.63) is 72.6 Å². The van der Waals surface area contributed by atoms with E-state index in [-0.39, 0.29) is 6.03 Å². The Morgan fingerprint density at radius 2 is 1.69 bits per heavy atom. The van der Waals surface area contributed by atoms with Crippen LogP contribution in [0, 0.1) is 0 Å². The number of nitrogens with one attached hydrogen (secondary N) is 1. The van der Waals surface area contributed by atoms with Gasteiger partial charge in [0, 0.05) is 67.6 Å². The molecule has 2 amide bonds. The van der Waals surface area contributed by atoms with Gasteiger partial charge in [0.25, 0.3) is 0 Å². The van der Waals surface area contributed by atoms with E-state index in [0.717, 1.165) is 47.3 Å². The summed E-state index contributed by atoms with van der Waals surface area (Å²) in [7, 11) is 0. The van der Waals surface area contributed by atoms with Crippen LogP contribution < -0.4 is 5.32 Å². The highest BCUT2D eigenvalue weighted by atomic mass is 16.3. The van der Waals surface area contributed by atoms with Gasteiger partial charge in [-0.2, -0.15) is 0 Å². The van der Waals surface area contributed by atoms with Crippen molar-refractivity contribution < 1.29 is 9.21 Å². The van der Waals surface area contributed by atoms with Gasteiger partial charge < -0.3 is 14.6 Å². The van der Waals surface area contributed by atoms with E-state index in [1.54, 1.807) is 0 Å². The maximum absolute atomic E-state index is 12.7. The van der Waals surface area contributed by atoms with Crippen LogP contribution in [0.15, 0.2) is 71.4 Å². The Kier molecular flexibility index (Phi) is 4.62. The van der Waals surface area contributed by atoms with E-state index >= 15 is 0 Å². The number of anilines is 1. The molecule has 29 heavy (non-hydrogen) atoms. The zero-order valence-electron chi connectivity index (χ0n) is 16.0. The Morgan fingerprint density at radius 1 is 0.931 bits per heavy atom. The minimum atomic E-state index is -0.0657. The lowest BCUT2D eigenvalue weighted by Crippen LogP contribution is -2.49. The van der Waals surface area contributed by atoms with Gasteiger partial charge in [-0.3, -0.25) is 9.88 Å². The first-order valence-corrected chi connectivity index (χ1v) is 9.85. The van der Waals surface area contributed by atoms with Gasteiger partial charge >= 0.3 is 6.03 Å². The molecule has 1 aliphatic heterocycles. The van der Waals surface area contributed by atoms with Crippen LogP contribution in [0.25, 0.3) is 21.9 Å². The third kappa shape index (κ3) is 3.67. The maximum atomic E-state index is 12.7. The Balaban J connectivity index is 1.22. The zero-order chi connectivity index (χ0) is 19.6. The van der Waals surface area contributed by atoms with Gasteiger partial charge in [-0.1, -0.05) is 18.2 Å². The Bertz CT molecular complexity index is 1150. The number of amides is 2. The fraction of sp³-hybridized carbons (Fsp3) is 0.217. The monoisotopic (exact) mass is 386 g/mol. The number of hydrogen-bond donors (Lipinski definition) is 1. The van der Waals surface area contributed by atoms with E-state index in [4.69, 9.17) is 4.42 Å². The number of carbonyl (C=O) groups excluding carboxylic acids is 1. The van der Waals surface area contributed by atoms with Crippen molar-refractivity contribution in [3.8, 4) is 0 Å². The molecular formula is C23H22N4O2. The largest absolute Gasteiger partial charge is 0.456 e. The van der Waals surface area contributed by atoms with Crippen molar-refractivity contribution in [1.82, 2.24) is 14.8 Å². The minimum absolute atomic E-state index is 0.0657. The molecule has 6 heteroatoms. The molecule has 0 bridgehead atoms. The van der Waals surface area contributed by atoms with Crippen LogP contribution in [0.1, 0.15) is 5.56 Å². The number of furan rings is 1. The number of rotatable bonds is 3. The first-order valence-electron chi connectivity index (χ1n) is 9.85. The van der Waals surface area contributed by atoms with E-state index in [0.29, 0.717) is 13.1 Å². The van der Waals surface area contributed by atoms with Gasteiger partial charge in [0.1, 0.15) is 11.2 Å². The molecule has 4 aromatic rings. The lowest BCUT2D eigenvalue weighted by molar-refractivity contribution is 0.143. The van der Waals surface area contributed by atoms with Crippen molar-refractivity contribution in [2.45, 2.75) is 6.54 Å². The summed E-state index contributed by atoms with van der Waals surface area (Å²) in [6.07, 6.45) is 3.63. The molecule has 0 radical (unpaired) electrons. The van der Waals surface area contributed by atoms with Gasteiger partial charge in [-0.15, -0.1) is 0 Å². The average Bonchev–Trinajstić information content (AvgIpc) is 3.13. The van der Waals surface area contributed by atoms with Crippen LogP contribution in [0.5, 0.6) is 0 Å². The third-order valence-corrected chi connectivity index (χ3v) is 5.45. The highest BCUT2D eigenvalue weighted by Gasteiger charge is 2.21. The lowest BCUT2D eigenvalue weighted by atomic mass is 10.1. The normalized spacial score (nSPS) is 15.1. The number of nitrogens with zero attached hydrogens (tertiary/aromatic N) is 3. The maximum Gasteiger partial charge on any atom is 0.321 e. The first kappa shape index (κ1) is 17.7. The molecule has 0 atom stereocenters. The standard InChI is InChI=1S/C23H22N4O2/c28-23(27-13-11-26(12-14-27)16-17-7-9-24-10-8-17)25-18-5-6-20-19-3-1-2-4-21(19)29-22(20)15-18/h1-10,15H,11-14,16H2,(H,25,28). The van der Waals surface area contributed by atoms with E-state index in [2.05, 4.69) is 15.2 Å². The molecule has 146 valence electrons. The second kappa shape index (κ2) is 7.56. The van der Waals surface area contributed by atoms with Crippen molar-refractivity contribution in [1.29, 1.82) is 0 Å². The minimum Gasteiger partial charge on any atom is -0.456 e. The molecule has 0 aliphatic carbocycles. The molecule has 1 N–H and O–H groups in total. The van der Waals surface area contributed by atoms with Crippen LogP contribution in [-0.4, -0.2) is 47.0 Å². The summed E-state index contributed by atoms with van der Waals surface area (Å²) in [5.74, 6) is 0. The number of aromatic nitrogens is 1. The summed E-state index contributed by atoms with van der Waals surface area (Å²) in [4.78, 5) is 21.0. The molecule has 3 heterocycles. The number of pyridine rings is 1. The van der Waals surface area contributed by atoms with Gasteiger partial charge in [0.2, 0.25) is 0 Å². The Labute approximate surface area is 168 Å². The molecule has 2 aromatic heterocycles. The quantitative estimate of drug-likeness (QED) is 0.569. The molecule has 6 nitrogen and oxygen atoms in total. The van der Waals surface area contributed by atoms with E-state index < -0.39 is 0 Å². The predicted molar refractivity (Wildman–Crippen MR) is 114 cm³/mol.